The van der Waals surface area contributed by atoms with Crippen molar-refractivity contribution >= 4 is 27.7 Å². The number of ether oxygens (including phenoxy) is 3. The molecule has 4 rings (SSSR count). The highest BCUT2D eigenvalue weighted by atomic mass is 79.9. The Morgan fingerprint density at radius 2 is 1.39 bits per heavy atom. The average Bonchev–Trinajstić information content (AvgIpc) is 3.39. The van der Waals surface area contributed by atoms with Gasteiger partial charge in [0.1, 0.15) is 0 Å². The maximum Gasteiger partial charge on any atom is 0.230 e. The molecule has 0 saturated heterocycles. The Bertz CT molecular complexity index is 957. The summed E-state index contributed by atoms with van der Waals surface area (Å²) in [5.74, 6) is 3.20. The van der Waals surface area contributed by atoms with Crippen LogP contribution in [0.15, 0.2) is 0 Å². The van der Waals surface area contributed by atoms with E-state index in [1.54, 1.807) is 0 Å². The van der Waals surface area contributed by atoms with Crippen molar-refractivity contribution in [3.8, 4) is 0 Å². The largest absolute Gasteiger partial charge is 0.393 e. The summed E-state index contributed by atoms with van der Waals surface area (Å²) < 4.78 is 16.6. The van der Waals surface area contributed by atoms with Crippen molar-refractivity contribution in [3.63, 3.8) is 0 Å². The third-order valence-electron chi connectivity index (χ3n) is 12.7. The van der Waals surface area contributed by atoms with Crippen molar-refractivity contribution in [1.29, 1.82) is 0 Å². The normalized spacial score (nSPS) is 35.9. The number of hydrogen-bond acceptors (Lipinski definition) is 7. The number of carbonyl (C=O) groups excluding carboxylic acids is 2. The number of hydrogen-bond donors (Lipinski definition) is 4. The zero-order chi connectivity index (χ0) is 33.2. The minimum Gasteiger partial charge on any atom is -0.393 e. The van der Waals surface area contributed by atoms with Gasteiger partial charge in [0.25, 0.3) is 0 Å². The van der Waals surface area contributed by atoms with Crippen molar-refractivity contribution < 1.29 is 34.0 Å². The van der Waals surface area contributed by atoms with Crippen LogP contribution >= 0.6 is 15.9 Å². The van der Waals surface area contributed by atoms with Crippen LogP contribution in [0.1, 0.15) is 97.8 Å². The molecule has 10 heteroatoms. The highest BCUT2D eigenvalue weighted by molar-refractivity contribution is 9.09. The van der Waals surface area contributed by atoms with Gasteiger partial charge < -0.3 is 35.1 Å². The molecule has 0 bridgehead atoms. The third-order valence-corrected chi connectivity index (χ3v) is 13.2. The summed E-state index contributed by atoms with van der Waals surface area (Å²) in [7, 11) is 0. The maximum absolute atomic E-state index is 12.7. The van der Waals surface area contributed by atoms with Crippen LogP contribution < -0.4 is 10.6 Å². The number of fused-ring (bicyclic) bond motifs is 5. The second-order valence-corrected chi connectivity index (χ2v) is 15.9. The molecular formula is C36H63BrN2O7. The van der Waals surface area contributed by atoms with Crippen LogP contribution in [0.25, 0.3) is 0 Å². The molecule has 0 aromatic rings. The fourth-order valence-corrected chi connectivity index (χ4v) is 10.4. The lowest BCUT2D eigenvalue weighted by Gasteiger charge is -2.62. The van der Waals surface area contributed by atoms with E-state index in [0.717, 1.165) is 44.9 Å². The molecule has 9 nitrogen and oxygen atoms in total. The molecule has 266 valence electrons. The fourth-order valence-electron chi connectivity index (χ4n) is 10.2. The summed E-state index contributed by atoms with van der Waals surface area (Å²) >= 11 is 3.11. The average molecular weight is 716 g/mol. The number of aliphatic hydroxyl groups excluding tert-OH is 2. The zero-order valence-corrected chi connectivity index (χ0v) is 30.4. The second kappa shape index (κ2) is 18.3. The predicted molar refractivity (Wildman–Crippen MR) is 183 cm³/mol. The van der Waals surface area contributed by atoms with E-state index in [0.29, 0.717) is 100.0 Å². The minimum absolute atomic E-state index is 0.0162. The SMILES string of the molecule is C[C@H](CCC(=O)NCCCOCCOCCOCCCNC(=O)CBr)[C@H]1CC[C@H]2C3C(O)CC4C[C@H](O)CC[C@]4(C)[C@H]3CC[C@]12C. The van der Waals surface area contributed by atoms with Gasteiger partial charge in [-0.25, -0.2) is 0 Å². The standard InChI is InChI=1S/C36H63BrN2O7/c1-25(6-9-32(42)38-14-4-16-44-18-20-46-21-19-45-17-5-15-39-33(43)24-37)28-7-8-29-34-30(11-13-36(28,29)3)35(2)12-10-27(40)22-26(35)23-31(34)41/h25-31,34,40-41H,4-24H2,1-3H3,(H,38,42)(H,39,43)/t25-,26?,27-,28-,29+,30+,31?,34?,35+,36-/m1/s1. The Morgan fingerprint density at radius 3 is 2.04 bits per heavy atom. The van der Waals surface area contributed by atoms with Gasteiger partial charge in [-0.3, -0.25) is 9.59 Å². The smallest absolute Gasteiger partial charge is 0.230 e. The summed E-state index contributed by atoms with van der Waals surface area (Å²) in [5.41, 5.74) is 0.507. The number of carbonyl (C=O) groups is 2. The van der Waals surface area contributed by atoms with Crippen molar-refractivity contribution in [3.05, 3.63) is 0 Å². The minimum atomic E-state index is -0.240. The molecule has 0 heterocycles. The van der Waals surface area contributed by atoms with Gasteiger partial charge in [0.15, 0.2) is 0 Å². The Kier molecular flexibility index (Phi) is 15.1. The number of amides is 2. The van der Waals surface area contributed by atoms with Gasteiger partial charge in [0, 0.05) is 32.7 Å². The first-order chi connectivity index (χ1) is 22.1. The lowest BCUT2D eigenvalue weighted by molar-refractivity contribution is -0.174. The Balaban J connectivity index is 1.05. The van der Waals surface area contributed by atoms with E-state index in [9.17, 15) is 19.8 Å². The summed E-state index contributed by atoms with van der Waals surface area (Å²) in [6, 6.07) is 0. The summed E-state index contributed by atoms with van der Waals surface area (Å²) in [5, 5.41) is 28.0. The van der Waals surface area contributed by atoms with Gasteiger partial charge in [-0.2, -0.15) is 0 Å². The van der Waals surface area contributed by atoms with Crippen LogP contribution in [0, 0.1) is 46.3 Å². The maximum atomic E-state index is 12.7. The lowest BCUT2D eigenvalue weighted by Crippen LogP contribution is -2.58. The van der Waals surface area contributed by atoms with Gasteiger partial charge in [0.05, 0.1) is 44.0 Å². The highest BCUT2D eigenvalue weighted by Crippen LogP contribution is 2.68. The molecule has 0 aromatic carbocycles. The van der Waals surface area contributed by atoms with Gasteiger partial charge >= 0.3 is 0 Å². The second-order valence-electron chi connectivity index (χ2n) is 15.3. The number of rotatable bonds is 19. The van der Waals surface area contributed by atoms with Crippen LogP contribution in [0.5, 0.6) is 0 Å². The van der Waals surface area contributed by atoms with E-state index in [4.69, 9.17) is 14.2 Å². The fraction of sp³-hybridized carbons (Fsp3) is 0.944. The van der Waals surface area contributed by atoms with Gasteiger partial charge in [0.2, 0.25) is 11.8 Å². The van der Waals surface area contributed by atoms with Crippen molar-refractivity contribution in [2.75, 3.05) is 58.1 Å². The molecule has 0 spiro atoms. The molecule has 0 radical (unpaired) electrons. The van der Waals surface area contributed by atoms with E-state index in [1.165, 1.54) is 25.7 Å². The molecule has 4 N–H and O–H groups in total. The van der Waals surface area contributed by atoms with Crippen LogP contribution in [0.2, 0.25) is 0 Å². The van der Waals surface area contributed by atoms with Crippen molar-refractivity contribution in [2.24, 2.45) is 46.3 Å². The summed E-state index contributed by atoms with van der Waals surface area (Å²) in [4.78, 5) is 23.8. The first-order valence-corrected chi connectivity index (χ1v) is 19.4. The molecule has 0 aromatic heterocycles. The molecule has 3 unspecified atom stereocenters. The van der Waals surface area contributed by atoms with Crippen LogP contribution in [0.4, 0.5) is 0 Å². The van der Waals surface area contributed by atoms with Crippen molar-refractivity contribution in [2.45, 2.75) is 110 Å². The Labute approximate surface area is 286 Å². The summed E-state index contributed by atoms with van der Waals surface area (Å²) in [6.07, 6.45) is 11.2. The first kappa shape index (κ1) is 38.0. The molecule has 46 heavy (non-hydrogen) atoms. The Hall–Kier alpha value is -0.780. The molecule has 4 aliphatic rings. The molecule has 0 aliphatic heterocycles. The van der Waals surface area contributed by atoms with E-state index in [2.05, 4.69) is 47.3 Å². The van der Waals surface area contributed by atoms with Gasteiger partial charge in [-0.1, -0.05) is 36.7 Å². The lowest BCUT2D eigenvalue weighted by atomic mass is 9.43. The van der Waals surface area contributed by atoms with Crippen LogP contribution in [-0.2, 0) is 23.8 Å². The van der Waals surface area contributed by atoms with Gasteiger partial charge in [-0.05, 0) is 117 Å². The molecule has 4 aliphatic carbocycles. The van der Waals surface area contributed by atoms with E-state index >= 15 is 0 Å². The Morgan fingerprint density at radius 1 is 0.804 bits per heavy atom. The van der Waals surface area contributed by atoms with Crippen LogP contribution in [-0.4, -0.2) is 92.3 Å². The van der Waals surface area contributed by atoms with Crippen LogP contribution in [0.3, 0.4) is 0 Å². The monoisotopic (exact) mass is 714 g/mol. The number of halogens is 1. The van der Waals surface area contributed by atoms with E-state index < -0.39 is 0 Å². The number of alkyl halides is 1. The quantitative estimate of drug-likeness (QED) is 0.111. The molecule has 4 saturated carbocycles. The molecule has 10 atom stereocenters. The summed E-state index contributed by atoms with van der Waals surface area (Å²) in [6.45, 7) is 11.8. The first-order valence-electron chi connectivity index (χ1n) is 18.3. The number of aliphatic hydroxyl groups is 2. The van der Waals surface area contributed by atoms with Crippen molar-refractivity contribution in [1.82, 2.24) is 10.6 Å². The highest BCUT2D eigenvalue weighted by Gasteiger charge is 2.62. The van der Waals surface area contributed by atoms with E-state index in [1.807, 2.05) is 0 Å². The number of nitrogens with one attached hydrogen (secondary N) is 2. The van der Waals surface area contributed by atoms with E-state index in [-0.39, 0.29) is 34.9 Å². The topological polar surface area (TPSA) is 126 Å². The van der Waals surface area contributed by atoms with Gasteiger partial charge in [-0.15, -0.1) is 0 Å². The molecule has 2 amide bonds. The predicted octanol–water partition coefficient (Wildman–Crippen LogP) is 4.85. The molecule has 4 fully saturated rings. The third kappa shape index (κ3) is 9.68. The zero-order valence-electron chi connectivity index (χ0n) is 28.8. The molecular weight excluding hydrogens is 652 g/mol.